The summed E-state index contributed by atoms with van der Waals surface area (Å²) in [5.41, 5.74) is 0.369. The van der Waals surface area contributed by atoms with E-state index >= 15 is 0 Å². The summed E-state index contributed by atoms with van der Waals surface area (Å²) in [6, 6.07) is 1.42. The second-order valence-electron chi connectivity index (χ2n) is 5.69. The van der Waals surface area contributed by atoms with Crippen LogP contribution < -0.4 is 4.72 Å². The monoisotopic (exact) mass is 332 g/mol. The first kappa shape index (κ1) is 16.6. The lowest BCUT2D eigenvalue weighted by Crippen LogP contribution is -2.24. The number of carbonyl (C=O) groups excluding carboxylic acids is 1. The molecule has 0 aliphatic heterocycles. The third kappa shape index (κ3) is 4.36. The van der Waals surface area contributed by atoms with Crippen molar-refractivity contribution < 1.29 is 18.0 Å². The molecule has 0 saturated carbocycles. The van der Waals surface area contributed by atoms with Gasteiger partial charge >= 0.3 is 6.18 Å². The van der Waals surface area contributed by atoms with Gasteiger partial charge in [-0.3, -0.25) is 14.2 Å². The normalized spacial score (nSPS) is 12.6. The Kier molecular flexibility index (Phi) is 4.37. The highest BCUT2D eigenvalue weighted by Crippen LogP contribution is 2.22. The maximum atomic E-state index is 12.4. The molecule has 2 aromatic heterocycles. The zero-order valence-corrected chi connectivity index (χ0v) is 13.0. The average Bonchev–Trinajstić information content (AvgIpc) is 2.75. The van der Waals surface area contributed by atoms with E-state index in [1.54, 1.807) is 0 Å². The van der Waals surface area contributed by atoms with Crippen LogP contribution in [0.3, 0.4) is 0 Å². The van der Waals surface area contributed by atoms with Crippen LogP contribution in [0.4, 0.5) is 13.2 Å². The Morgan fingerprint density at radius 1 is 1.32 bits per heavy atom. The quantitative estimate of drug-likeness (QED) is 0.877. The Morgan fingerprint density at radius 3 is 2.59 bits per heavy atom. The van der Waals surface area contributed by atoms with Gasteiger partial charge in [-0.2, -0.15) is 18.3 Å². The van der Waals surface area contributed by atoms with Crippen molar-refractivity contribution in [2.24, 2.45) is 0 Å². The van der Waals surface area contributed by atoms with Crippen molar-refractivity contribution in [2.75, 3.05) is 0 Å². The first-order valence-corrected chi connectivity index (χ1v) is 7.23. The van der Waals surface area contributed by atoms with Crippen LogP contribution in [0.2, 0.25) is 0 Å². The van der Waals surface area contributed by atoms with E-state index in [9.17, 15) is 18.0 Å². The fraction of sp³-hybridized carbons (Fsp3) is 0.462. The smallest absolute Gasteiger partial charge is 0.294 e. The molecule has 0 fully saturated rings. The van der Waals surface area contributed by atoms with Crippen LogP contribution in [0.5, 0.6) is 0 Å². The molecule has 22 heavy (non-hydrogen) atoms. The van der Waals surface area contributed by atoms with Crippen LogP contribution in [0.15, 0.2) is 18.5 Å². The van der Waals surface area contributed by atoms with Gasteiger partial charge in [0.1, 0.15) is 12.2 Å². The summed E-state index contributed by atoms with van der Waals surface area (Å²) >= 11 is 1.25. The van der Waals surface area contributed by atoms with E-state index in [1.807, 2.05) is 20.8 Å². The minimum atomic E-state index is -4.36. The van der Waals surface area contributed by atoms with Gasteiger partial charge in [0, 0.05) is 10.1 Å². The van der Waals surface area contributed by atoms with Crippen LogP contribution in [0.25, 0.3) is 10.9 Å². The van der Waals surface area contributed by atoms with E-state index in [-0.39, 0.29) is 16.0 Å². The predicted octanol–water partition coefficient (Wildman–Crippen LogP) is 3.17. The average molecular weight is 332 g/mol. The van der Waals surface area contributed by atoms with E-state index in [0.29, 0.717) is 5.39 Å². The van der Waals surface area contributed by atoms with E-state index in [4.69, 9.17) is 0 Å². The van der Waals surface area contributed by atoms with Crippen molar-refractivity contribution >= 4 is 28.8 Å². The third-order valence-electron chi connectivity index (χ3n) is 2.54. The fourth-order valence-electron chi connectivity index (χ4n) is 1.65. The number of hydrogen-bond acceptors (Lipinski definition) is 4. The Morgan fingerprint density at radius 2 is 2.00 bits per heavy atom. The van der Waals surface area contributed by atoms with Crippen LogP contribution in [0.1, 0.15) is 31.3 Å². The van der Waals surface area contributed by atoms with Gasteiger partial charge in [0.15, 0.2) is 0 Å². The molecular formula is C13H15F3N4OS. The molecule has 0 aromatic carbocycles. The van der Waals surface area contributed by atoms with Crippen LogP contribution >= 0.6 is 11.9 Å². The Hall–Kier alpha value is -1.77. The van der Waals surface area contributed by atoms with Gasteiger partial charge in [0.05, 0.1) is 17.9 Å². The van der Waals surface area contributed by atoms with E-state index in [0.717, 1.165) is 4.68 Å². The second-order valence-corrected chi connectivity index (χ2v) is 7.32. The molecular weight excluding hydrogens is 317 g/mol. The molecule has 1 N–H and O–H groups in total. The summed E-state index contributed by atoms with van der Waals surface area (Å²) in [5.74, 6) is -0.398. The minimum Gasteiger partial charge on any atom is -0.294 e. The summed E-state index contributed by atoms with van der Waals surface area (Å²) in [5, 5.41) is 4.12. The van der Waals surface area contributed by atoms with Gasteiger partial charge in [-0.25, -0.2) is 4.98 Å². The maximum absolute atomic E-state index is 12.4. The summed E-state index contributed by atoms with van der Waals surface area (Å²) in [6.07, 6.45) is -1.85. The van der Waals surface area contributed by atoms with Crippen molar-refractivity contribution in [3.63, 3.8) is 0 Å². The largest absolute Gasteiger partial charge is 0.408 e. The number of carbonyl (C=O) groups is 1. The first-order valence-electron chi connectivity index (χ1n) is 6.42. The number of halogens is 3. The number of nitrogens with one attached hydrogen (secondary N) is 1. The third-order valence-corrected chi connectivity index (χ3v) is 3.44. The molecule has 0 aliphatic carbocycles. The lowest BCUT2D eigenvalue weighted by Gasteiger charge is -2.17. The zero-order chi connectivity index (χ0) is 16.5. The fourth-order valence-corrected chi connectivity index (χ4v) is 2.15. The molecule has 2 heterocycles. The second kappa shape index (κ2) is 5.79. The molecule has 5 nitrogen and oxygen atoms in total. The Bertz CT molecular complexity index is 691. The summed E-state index contributed by atoms with van der Waals surface area (Å²) in [6.45, 7) is 4.63. The minimum absolute atomic E-state index is 0.135. The van der Waals surface area contributed by atoms with Crippen LogP contribution in [0, 0.1) is 0 Å². The molecule has 1 amide bonds. The molecule has 0 unspecified atom stereocenters. The van der Waals surface area contributed by atoms with Gasteiger partial charge in [-0.1, -0.05) is 0 Å². The standard InChI is InChI=1S/C13H15F3N4OS/c1-12(2,3)22-19-11(21)9-4-8-5-18-20(7-13(14,15)16)10(8)6-17-9/h4-6H,7H2,1-3H3,(H,19,21). The van der Waals surface area contributed by atoms with Gasteiger partial charge in [-0.05, 0) is 38.8 Å². The molecule has 0 spiro atoms. The van der Waals surface area contributed by atoms with Gasteiger partial charge in [0.2, 0.25) is 0 Å². The number of pyridine rings is 1. The van der Waals surface area contributed by atoms with Crippen LogP contribution in [-0.2, 0) is 6.54 Å². The van der Waals surface area contributed by atoms with Crippen molar-refractivity contribution in [3.8, 4) is 0 Å². The highest BCUT2D eigenvalue weighted by Gasteiger charge is 2.29. The van der Waals surface area contributed by atoms with Crippen LogP contribution in [-0.4, -0.2) is 31.6 Å². The first-order chi connectivity index (χ1) is 10.1. The highest BCUT2D eigenvalue weighted by molar-refractivity contribution is 7.99. The molecule has 120 valence electrons. The maximum Gasteiger partial charge on any atom is 0.408 e. The number of amides is 1. The van der Waals surface area contributed by atoms with Gasteiger partial charge in [-0.15, -0.1) is 0 Å². The number of alkyl halides is 3. The summed E-state index contributed by atoms with van der Waals surface area (Å²) in [4.78, 5) is 15.9. The van der Waals surface area contributed by atoms with E-state index in [2.05, 4.69) is 14.8 Å². The van der Waals surface area contributed by atoms with Crippen molar-refractivity contribution in [3.05, 3.63) is 24.2 Å². The summed E-state index contributed by atoms with van der Waals surface area (Å²) < 4.78 is 40.6. The lowest BCUT2D eigenvalue weighted by atomic mass is 10.2. The Balaban J connectivity index is 2.20. The predicted molar refractivity (Wildman–Crippen MR) is 78.4 cm³/mol. The number of aromatic nitrogens is 3. The molecule has 0 bridgehead atoms. The van der Waals surface area contributed by atoms with Gasteiger partial charge < -0.3 is 0 Å². The number of rotatable bonds is 3. The number of nitrogens with zero attached hydrogens (tertiary/aromatic N) is 3. The molecule has 0 radical (unpaired) electrons. The summed E-state index contributed by atoms with van der Waals surface area (Å²) in [7, 11) is 0. The van der Waals surface area contributed by atoms with Crippen molar-refractivity contribution in [1.29, 1.82) is 0 Å². The number of hydrogen-bond donors (Lipinski definition) is 1. The molecule has 2 rings (SSSR count). The van der Waals surface area contributed by atoms with E-state index < -0.39 is 18.6 Å². The topological polar surface area (TPSA) is 59.8 Å². The molecule has 2 aromatic rings. The van der Waals surface area contributed by atoms with Crippen molar-refractivity contribution in [2.45, 2.75) is 38.2 Å². The lowest BCUT2D eigenvalue weighted by molar-refractivity contribution is -0.141. The Labute approximate surface area is 129 Å². The molecule has 9 heteroatoms. The zero-order valence-electron chi connectivity index (χ0n) is 12.2. The van der Waals surface area contributed by atoms with Crippen molar-refractivity contribution in [1.82, 2.24) is 19.5 Å². The molecule has 0 aliphatic rings. The number of fused-ring (bicyclic) bond motifs is 1. The molecule has 0 saturated heterocycles. The van der Waals surface area contributed by atoms with Gasteiger partial charge in [0.25, 0.3) is 5.91 Å². The molecule has 0 atom stereocenters. The SMILES string of the molecule is CC(C)(C)SNC(=O)c1cc2cnn(CC(F)(F)F)c2cn1. The highest BCUT2D eigenvalue weighted by atomic mass is 32.2. The van der Waals surface area contributed by atoms with E-state index in [1.165, 1.54) is 30.4 Å².